The van der Waals surface area contributed by atoms with Crippen molar-refractivity contribution >= 4 is 18.0 Å². The molecule has 0 spiro atoms. The fraction of sp³-hybridized carbons (Fsp3) is 0.167. The normalized spacial score (nSPS) is 27.8. The smallest absolute Gasteiger partial charge is 0.160 e. The maximum absolute atomic E-state index is 5.42. The Labute approximate surface area is 57.9 Å². The first-order valence-electron chi connectivity index (χ1n) is 2.98. The van der Waals surface area contributed by atoms with Crippen molar-refractivity contribution < 1.29 is 0 Å². The van der Waals surface area contributed by atoms with Crippen LogP contribution in [0.2, 0.25) is 0 Å². The Balaban J connectivity index is 2.39. The molecule has 50 valence electrons. The van der Waals surface area contributed by atoms with Crippen molar-refractivity contribution in [3.05, 3.63) is 12.2 Å². The summed E-state index contributed by atoms with van der Waals surface area (Å²) in [5, 5.41) is 0. The van der Waals surface area contributed by atoms with E-state index in [1.807, 2.05) is 6.08 Å². The van der Waals surface area contributed by atoms with Crippen LogP contribution in [0.25, 0.3) is 0 Å². The van der Waals surface area contributed by atoms with Gasteiger partial charge in [0, 0.05) is 0 Å². The zero-order valence-electron chi connectivity index (χ0n) is 5.23. The van der Waals surface area contributed by atoms with Crippen LogP contribution in [0.3, 0.4) is 0 Å². The summed E-state index contributed by atoms with van der Waals surface area (Å²) in [7, 11) is 0. The predicted molar refractivity (Wildman–Crippen MR) is 40.5 cm³/mol. The topological polar surface area (TPSA) is 63.1 Å². The zero-order valence-corrected chi connectivity index (χ0v) is 5.23. The van der Waals surface area contributed by atoms with Gasteiger partial charge in [0.05, 0.1) is 0 Å². The molecule has 2 aliphatic rings. The fourth-order valence-corrected chi connectivity index (χ4v) is 0.897. The Morgan fingerprint density at radius 2 is 2.40 bits per heavy atom. The first-order valence-corrected chi connectivity index (χ1v) is 2.98. The minimum Gasteiger partial charge on any atom is -0.384 e. The van der Waals surface area contributed by atoms with E-state index in [2.05, 4.69) is 15.0 Å². The van der Waals surface area contributed by atoms with Gasteiger partial charge in [0.15, 0.2) is 5.84 Å². The van der Waals surface area contributed by atoms with Crippen molar-refractivity contribution in [2.45, 2.75) is 6.04 Å². The minimum atomic E-state index is 0.0206. The molecule has 0 aromatic heterocycles. The van der Waals surface area contributed by atoms with E-state index in [0.29, 0.717) is 11.7 Å². The van der Waals surface area contributed by atoms with Crippen molar-refractivity contribution in [2.75, 3.05) is 0 Å². The fourth-order valence-electron chi connectivity index (χ4n) is 0.897. The molecule has 2 heterocycles. The highest BCUT2D eigenvalue weighted by atomic mass is 15.1. The molecule has 1 unspecified atom stereocenters. The lowest BCUT2D eigenvalue weighted by Gasteiger charge is -2.05. The molecule has 4 heteroatoms. The Bertz CT molecular complexity index is 271. The number of rotatable bonds is 0. The van der Waals surface area contributed by atoms with Gasteiger partial charge in [-0.2, -0.15) is 0 Å². The number of aliphatic imine (C=N–C) groups is 3. The van der Waals surface area contributed by atoms with E-state index >= 15 is 0 Å². The molecule has 0 radical (unpaired) electrons. The van der Waals surface area contributed by atoms with Gasteiger partial charge >= 0.3 is 0 Å². The number of dihydropyridines is 1. The largest absolute Gasteiger partial charge is 0.384 e. The molecular weight excluding hydrogens is 128 g/mol. The molecule has 0 amide bonds. The van der Waals surface area contributed by atoms with Crippen LogP contribution in [0.4, 0.5) is 0 Å². The highest BCUT2D eigenvalue weighted by molar-refractivity contribution is 6.11. The van der Waals surface area contributed by atoms with Crippen molar-refractivity contribution in [3.8, 4) is 0 Å². The van der Waals surface area contributed by atoms with E-state index in [9.17, 15) is 0 Å². The SMILES string of the molecule is NC1=NC2=NC=NC2C=C1. The number of hydrogen-bond donors (Lipinski definition) is 1. The van der Waals surface area contributed by atoms with E-state index < -0.39 is 0 Å². The third-order valence-corrected chi connectivity index (χ3v) is 1.37. The molecule has 0 bridgehead atoms. The maximum atomic E-state index is 5.42. The molecule has 4 nitrogen and oxygen atoms in total. The molecular formula is C6H6N4. The Kier molecular flexibility index (Phi) is 0.943. The van der Waals surface area contributed by atoms with E-state index in [4.69, 9.17) is 5.73 Å². The van der Waals surface area contributed by atoms with Gasteiger partial charge in [-0.15, -0.1) is 0 Å². The monoisotopic (exact) mass is 134 g/mol. The minimum absolute atomic E-state index is 0.0206. The maximum Gasteiger partial charge on any atom is 0.160 e. The molecule has 2 aliphatic heterocycles. The van der Waals surface area contributed by atoms with Crippen LogP contribution >= 0.6 is 0 Å². The number of amidine groups is 2. The second kappa shape index (κ2) is 1.76. The predicted octanol–water partition coefficient (Wildman–Crippen LogP) is -0.278. The van der Waals surface area contributed by atoms with Gasteiger partial charge < -0.3 is 5.73 Å². The summed E-state index contributed by atoms with van der Waals surface area (Å²) in [6, 6.07) is 0.0206. The van der Waals surface area contributed by atoms with Crippen LogP contribution < -0.4 is 5.73 Å². The first-order chi connectivity index (χ1) is 4.86. The lowest BCUT2D eigenvalue weighted by atomic mass is 10.2. The Hall–Kier alpha value is -1.45. The summed E-state index contributed by atoms with van der Waals surface area (Å²) in [6.45, 7) is 0. The number of fused-ring (bicyclic) bond motifs is 1. The van der Waals surface area contributed by atoms with Crippen LogP contribution in [-0.2, 0) is 0 Å². The summed E-state index contributed by atoms with van der Waals surface area (Å²) in [5.41, 5.74) is 5.42. The lowest BCUT2D eigenvalue weighted by Crippen LogP contribution is -2.21. The average molecular weight is 134 g/mol. The molecule has 1 atom stereocenters. The second-order valence-electron chi connectivity index (χ2n) is 2.09. The number of hydrogen-bond acceptors (Lipinski definition) is 4. The van der Waals surface area contributed by atoms with Gasteiger partial charge in [-0.3, -0.25) is 4.99 Å². The molecule has 0 saturated heterocycles. The quantitative estimate of drug-likeness (QED) is 0.486. The van der Waals surface area contributed by atoms with Gasteiger partial charge in [0.1, 0.15) is 18.2 Å². The van der Waals surface area contributed by atoms with Crippen molar-refractivity contribution in [3.63, 3.8) is 0 Å². The highest BCUT2D eigenvalue weighted by Gasteiger charge is 2.17. The molecule has 2 rings (SSSR count). The van der Waals surface area contributed by atoms with Crippen molar-refractivity contribution in [1.29, 1.82) is 0 Å². The summed E-state index contributed by atoms with van der Waals surface area (Å²) in [6.07, 6.45) is 5.13. The van der Waals surface area contributed by atoms with E-state index in [1.54, 1.807) is 6.08 Å². The molecule has 0 fully saturated rings. The third-order valence-electron chi connectivity index (χ3n) is 1.37. The van der Waals surface area contributed by atoms with E-state index in [1.165, 1.54) is 6.34 Å². The highest BCUT2D eigenvalue weighted by Crippen LogP contribution is 2.08. The Morgan fingerprint density at radius 1 is 1.50 bits per heavy atom. The zero-order chi connectivity index (χ0) is 6.97. The van der Waals surface area contributed by atoms with Crippen molar-refractivity contribution in [1.82, 2.24) is 0 Å². The summed E-state index contributed by atoms with van der Waals surface area (Å²) >= 11 is 0. The average Bonchev–Trinajstić information content (AvgIpc) is 2.33. The van der Waals surface area contributed by atoms with E-state index in [-0.39, 0.29) is 6.04 Å². The van der Waals surface area contributed by atoms with E-state index in [0.717, 1.165) is 0 Å². The van der Waals surface area contributed by atoms with Gasteiger partial charge in [-0.25, -0.2) is 9.98 Å². The molecule has 0 aromatic carbocycles. The number of nitrogens with two attached hydrogens (primary N) is 1. The van der Waals surface area contributed by atoms with Crippen LogP contribution in [0.1, 0.15) is 0 Å². The van der Waals surface area contributed by atoms with Crippen LogP contribution in [0.15, 0.2) is 27.1 Å². The summed E-state index contributed by atoms with van der Waals surface area (Å²) < 4.78 is 0. The van der Waals surface area contributed by atoms with Crippen LogP contribution in [0.5, 0.6) is 0 Å². The van der Waals surface area contributed by atoms with Crippen LogP contribution in [-0.4, -0.2) is 24.1 Å². The molecule has 10 heavy (non-hydrogen) atoms. The Morgan fingerprint density at radius 3 is 3.30 bits per heavy atom. The summed E-state index contributed by atoms with van der Waals surface area (Å²) in [4.78, 5) is 11.9. The molecule has 0 aliphatic carbocycles. The summed E-state index contributed by atoms with van der Waals surface area (Å²) in [5.74, 6) is 1.19. The van der Waals surface area contributed by atoms with Crippen LogP contribution in [0, 0.1) is 0 Å². The van der Waals surface area contributed by atoms with Gasteiger partial charge in [0.2, 0.25) is 0 Å². The standard InChI is InChI=1S/C6H6N4/c7-5-2-1-4-6(10-5)9-3-8-4/h1-4H,(H2,7,8,9,10). The third kappa shape index (κ3) is 0.655. The molecule has 2 N–H and O–H groups in total. The first kappa shape index (κ1) is 5.34. The van der Waals surface area contributed by atoms with Gasteiger partial charge in [0.25, 0.3) is 0 Å². The second-order valence-corrected chi connectivity index (χ2v) is 2.09. The molecule has 0 aromatic rings. The van der Waals surface area contributed by atoms with Gasteiger partial charge in [-0.05, 0) is 12.2 Å². The van der Waals surface area contributed by atoms with Gasteiger partial charge in [-0.1, -0.05) is 0 Å². The lowest BCUT2D eigenvalue weighted by molar-refractivity contribution is 1.09. The number of nitrogens with zero attached hydrogens (tertiary/aromatic N) is 3. The van der Waals surface area contributed by atoms with Crippen molar-refractivity contribution in [2.24, 2.45) is 20.7 Å². The molecule has 0 saturated carbocycles.